The molecule has 7 nitrogen and oxygen atoms in total. The third-order valence-electron chi connectivity index (χ3n) is 4.16. The van der Waals surface area contributed by atoms with Crippen LogP contribution in [0.15, 0.2) is 30.9 Å². The van der Waals surface area contributed by atoms with Crippen LogP contribution in [0.3, 0.4) is 0 Å². The van der Waals surface area contributed by atoms with E-state index in [4.69, 9.17) is 9.47 Å². The summed E-state index contributed by atoms with van der Waals surface area (Å²) < 4.78 is 12.4. The minimum absolute atomic E-state index is 0.123. The Bertz CT molecular complexity index is 683. The van der Waals surface area contributed by atoms with Gasteiger partial charge in [-0.1, -0.05) is 0 Å². The average Bonchev–Trinajstić information content (AvgIpc) is 3.32. The largest absolute Gasteiger partial charge is 0.497 e. The number of amides is 1. The molecule has 2 aromatic rings. The number of hydrogen-bond donors (Lipinski definition) is 0. The maximum Gasteiger partial charge on any atom is 0.224 e. The normalized spacial score (nSPS) is 13.6. The van der Waals surface area contributed by atoms with Crippen molar-refractivity contribution in [1.29, 1.82) is 0 Å². The topological polar surface area (TPSA) is 69.5 Å². The average molecular weight is 330 g/mol. The van der Waals surface area contributed by atoms with E-state index < -0.39 is 0 Å². The zero-order valence-electron chi connectivity index (χ0n) is 14.0. The Morgan fingerprint density at radius 1 is 1.33 bits per heavy atom. The van der Waals surface area contributed by atoms with Gasteiger partial charge >= 0.3 is 0 Å². The van der Waals surface area contributed by atoms with Crippen molar-refractivity contribution in [2.75, 3.05) is 14.2 Å². The predicted octanol–water partition coefficient (Wildman–Crippen LogP) is 1.88. The van der Waals surface area contributed by atoms with Gasteiger partial charge in [-0.05, 0) is 31.0 Å². The highest BCUT2D eigenvalue weighted by molar-refractivity contribution is 5.77. The van der Waals surface area contributed by atoms with Crippen LogP contribution in [0, 0.1) is 0 Å². The van der Waals surface area contributed by atoms with E-state index in [9.17, 15) is 4.79 Å². The summed E-state index contributed by atoms with van der Waals surface area (Å²) in [6, 6.07) is 5.98. The fourth-order valence-corrected chi connectivity index (χ4v) is 2.70. The molecule has 0 saturated heterocycles. The molecule has 0 spiro atoms. The minimum Gasteiger partial charge on any atom is -0.497 e. The molecule has 0 atom stereocenters. The van der Waals surface area contributed by atoms with Crippen molar-refractivity contribution in [3.8, 4) is 11.5 Å². The second-order valence-electron chi connectivity index (χ2n) is 5.84. The number of carbonyl (C=O) groups excluding carboxylic acids is 1. The van der Waals surface area contributed by atoms with Crippen LogP contribution >= 0.6 is 0 Å². The van der Waals surface area contributed by atoms with E-state index in [-0.39, 0.29) is 5.91 Å². The quantitative estimate of drug-likeness (QED) is 0.739. The van der Waals surface area contributed by atoms with Gasteiger partial charge in [0.05, 0.1) is 20.8 Å². The van der Waals surface area contributed by atoms with Crippen LogP contribution < -0.4 is 9.47 Å². The summed E-state index contributed by atoms with van der Waals surface area (Å²) in [6.45, 7) is 1.07. The van der Waals surface area contributed by atoms with Crippen molar-refractivity contribution in [2.24, 2.45) is 0 Å². The maximum atomic E-state index is 12.7. The first-order valence-corrected chi connectivity index (χ1v) is 8.04. The predicted molar refractivity (Wildman–Crippen MR) is 87.8 cm³/mol. The van der Waals surface area contributed by atoms with Crippen molar-refractivity contribution >= 4 is 5.91 Å². The van der Waals surface area contributed by atoms with E-state index in [0.29, 0.717) is 25.6 Å². The van der Waals surface area contributed by atoms with Crippen LogP contribution in [0.4, 0.5) is 0 Å². The molecule has 128 valence electrons. The number of rotatable bonds is 8. The molecule has 1 fully saturated rings. The van der Waals surface area contributed by atoms with Gasteiger partial charge in [0.2, 0.25) is 5.91 Å². The van der Waals surface area contributed by atoms with Gasteiger partial charge in [-0.2, -0.15) is 5.10 Å². The molecule has 1 amide bonds. The van der Waals surface area contributed by atoms with Crippen LogP contribution in [0.5, 0.6) is 11.5 Å². The first-order valence-electron chi connectivity index (χ1n) is 8.04. The molecule has 0 N–H and O–H groups in total. The molecule has 24 heavy (non-hydrogen) atoms. The lowest BCUT2D eigenvalue weighted by Gasteiger charge is -2.24. The van der Waals surface area contributed by atoms with Gasteiger partial charge in [0.1, 0.15) is 24.2 Å². The molecule has 1 aliphatic rings. The molecule has 1 aromatic heterocycles. The third-order valence-corrected chi connectivity index (χ3v) is 4.16. The van der Waals surface area contributed by atoms with Gasteiger partial charge < -0.3 is 14.4 Å². The molecule has 3 rings (SSSR count). The van der Waals surface area contributed by atoms with E-state index in [0.717, 1.165) is 29.9 Å². The molecule has 1 heterocycles. The first kappa shape index (κ1) is 16.3. The molecule has 0 bridgehead atoms. The number of carbonyl (C=O) groups is 1. The summed E-state index contributed by atoms with van der Waals surface area (Å²) in [5.41, 5.74) is 0.956. The monoisotopic (exact) mass is 330 g/mol. The Morgan fingerprint density at radius 3 is 2.79 bits per heavy atom. The van der Waals surface area contributed by atoms with E-state index in [1.54, 1.807) is 25.2 Å². The lowest BCUT2D eigenvalue weighted by Crippen LogP contribution is -2.33. The van der Waals surface area contributed by atoms with Gasteiger partial charge in [-0.3, -0.25) is 9.48 Å². The molecule has 0 unspecified atom stereocenters. The van der Waals surface area contributed by atoms with E-state index in [1.165, 1.54) is 6.33 Å². The lowest BCUT2D eigenvalue weighted by molar-refractivity contribution is -0.132. The fourth-order valence-electron chi connectivity index (χ4n) is 2.70. The number of hydrogen-bond acceptors (Lipinski definition) is 5. The Balaban J connectivity index is 1.70. The van der Waals surface area contributed by atoms with Crippen molar-refractivity contribution in [3.05, 3.63) is 36.4 Å². The van der Waals surface area contributed by atoms with Crippen molar-refractivity contribution in [3.63, 3.8) is 0 Å². The second kappa shape index (κ2) is 7.33. The molecule has 1 aliphatic carbocycles. The molecular formula is C17H22N4O3. The number of aromatic nitrogens is 3. The third kappa shape index (κ3) is 3.84. The fraction of sp³-hybridized carbons (Fsp3) is 0.471. The highest BCUT2D eigenvalue weighted by Crippen LogP contribution is 2.32. The van der Waals surface area contributed by atoms with E-state index >= 15 is 0 Å². The van der Waals surface area contributed by atoms with Crippen molar-refractivity contribution in [1.82, 2.24) is 19.7 Å². The zero-order chi connectivity index (χ0) is 16.9. The Kier molecular flexibility index (Phi) is 4.98. The summed E-state index contributed by atoms with van der Waals surface area (Å²) in [4.78, 5) is 18.5. The van der Waals surface area contributed by atoms with Gasteiger partial charge in [0.25, 0.3) is 0 Å². The molecule has 1 saturated carbocycles. The highest BCUT2D eigenvalue weighted by Gasteiger charge is 2.32. The summed E-state index contributed by atoms with van der Waals surface area (Å²) in [5, 5.41) is 4.04. The van der Waals surface area contributed by atoms with Gasteiger partial charge in [-0.25, -0.2) is 4.98 Å². The Hall–Kier alpha value is -2.57. The summed E-state index contributed by atoms with van der Waals surface area (Å²) in [6.07, 6.45) is 5.62. The summed E-state index contributed by atoms with van der Waals surface area (Å²) in [7, 11) is 3.27. The number of methoxy groups -OCH3 is 2. The van der Waals surface area contributed by atoms with Gasteiger partial charge in [0.15, 0.2) is 0 Å². The molecule has 1 aromatic carbocycles. The Morgan fingerprint density at radius 2 is 2.17 bits per heavy atom. The molecule has 7 heteroatoms. The zero-order valence-corrected chi connectivity index (χ0v) is 14.0. The van der Waals surface area contributed by atoms with Crippen LogP contribution in [-0.4, -0.2) is 45.8 Å². The van der Waals surface area contributed by atoms with Gasteiger partial charge in [-0.15, -0.1) is 0 Å². The van der Waals surface area contributed by atoms with Crippen LogP contribution in [0.2, 0.25) is 0 Å². The molecular weight excluding hydrogens is 308 g/mol. The number of nitrogens with zero attached hydrogens (tertiary/aromatic N) is 4. The van der Waals surface area contributed by atoms with Crippen LogP contribution in [-0.2, 0) is 17.9 Å². The molecule has 0 radical (unpaired) electrons. The van der Waals surface area contributed by atoms with Crippen LogP contribution in [0.25, 0.3) is 0 Å². The standard InChI is InChI=1S/C17H22N4O3/c1-23-15-5-6-16(24-2)13(9-15)10-21(14-3-4-14)17(22)7-8-20-12-18-11-19-20/h5-6,9,11-12,14H,3-4,7-8,10H2,1-2H3. The lowest BCUT2D eigenvalue weighted by atomic mass is 10.1. The SMILES string of the molecule is COc1ccc(OC)c(CN(C(=O)CCn2cncn2)C2CC2)c1. The van der Waals surface area contributed by atoms with E-state index in [2.05, 4.69) is 10.1 Å². The number of benzene rings is 1. The van der Waals surface area contributed by atoms with Gasteiger partial charge in [0, 0.05) is 24.6 Å². The second-order valence-corrected chi connectivity index (χ2v) is 5.84. The molecule has 0 aliphatic heterocycles. The maximum absolute atomic E-state index is 12.7. The summed E-state index contributed by atoms with van der Waals surface area (Å²) in [5.74, 6) is 1.65. The Labute approximate surface area is 141 Å². The number of aryl methyl sites for hydroxylation is 1. The minimum atomic E-state index is 0.123. The van der Waals surface area contributed by atoms with Crippen molar-refractivity contribution in [2.45, 2.75) is 38.4 Å². The smallest absolute Gasteiger partial charge is 0.224 e. The highest BCUT2D eigenvalue weighted by atomic mass is 16.5. The van der Waals surface area contributed by atoms with Crippen molar-refractivity contribution < 1.29 is 14.3 Å². The first-order chi connectivity index (χ1) is 11.7. The van der Waals surface area contributed by atoms with Crippen LogP contribution in [0.1, 0.15) is 24.8 Å². The van der Waals surface area contributed by atoms with E-state index in [1.807, 2.05) is 23.1 Å². The number of ether oxygens (including phenoxy) is 2. The summed E-state index contributed by atoms with van der Waals surface area (Å²) >= 11 is 0.